The molecule has 2 aromatic rings. The van der Waals surface area contributed by atoms with Crippen LogP contribution in [-0.2, 0) is 6.54 Å². The first kappa shape index (κ1) is 12.0. The topological polar surface area (TPSA) is 48.1 Å². The summed E-state index contributed by atoms with van der Waals surface area (Å²) in [7, 11) is 1.66. The first-order valence-corrected chi connectivity index (χ1v) is 6.10. The van der Waals surface area contributed by atoms with E-state index in [9.17, 15) is 0 Å². The van der Waals surface area contributed by atoms with Crippen LogP contribution in [-0.4, -0.2) is 12.1 Å². The summed E-state index contributed by atoms with van der Waals surface area (Å²) in [5.74, 6) is 0.867. The van der Waals surface area contributed by atoms with E-state index in [1.165, 1.54) is 0 Å². The minimum absolute atomic E-state index is 0.480. The SMILES string of the molecule is COc1ccc(Sc2ccc(CN)nc2)cc1. The van der Waals surface area contributed by atoms with Gasteiger partial charge in [-0.15, -0.1) is 0 Å². The highest BCUT2D eigenvalue weighted by atomic mass is 32.2. The Hall–Kier alpha value is -1.52. The number of benzene rings is 1. The van der Waals surface area contributed by atoms with Gasteiger partial charge in [0.05, 0.1) is 12.8 Å². The second-order valence-electron chi connectivity index (χ2n) is 3.47. The summed E-state index contributed by atoms with van der Waals surface area (Å²) in [6.07, 6.45) is 1.84. The van der Waals surface area contributed by atoms with Crippen molar-refractivity contribution in [2.45, 2.75) is 16.3 Å². The maximum Gasteiger partial charge on any atom is 0.118 e. The molecular weight excluding hydrogens is 232 g/mol. The molecule has 2 N–H and O–H groups in total. The molecule has 1 aromatic carbocycles. The number of methoxy groups -OCH3 is 1. The van der Waals surface area contributed by atoms with E-state index in [0.717, 1.165) is 21.2 Å². The molecule has 0 aliphatic heterocycles. The summed E-state index contributed by atoms with van der Waals surface area (Å²) in [4.78, 5) is 6.52. The Morgan fingerprint density at radius 2 is 1.82 bits per heavy atom. The summed E-state index contributed by atoms with van der Waals surface area (Å²) in [5.41, 5.74) is 6.41. The van der Waals surface area contributed by atoms with E-state index in [-0.39, 0.29) is 0 Å². The highest BCUT2D eigenvalue weighted by molar-refractivity contribution is 7.99. The molecule has 0 saturated heterocycles. The quantitative estimate of drug-likeness (QED) is 0.901. The summed E-state index contributed by atoms with van der Waals surface area (Å²) in [6.45, 7) is 0.480. The van der Waals surface area contributed by atoms with E-state index >= 15 is 0 Å². The van der Waals surface area contributed by atoms with Gasteiger partial charge in [-0.2, -0.15) is 0 Å². The van der Waals surface area contributed by atoms with Gasteiger partial charge >= 0.3 is 0 Å². The van der Waals surface area contributed by atoms with Crippen LogP contribution in [0.5, 0.6) is 5.75 Å². The van der Waals surface area contributed by atoms with E-state index in [0.29, 0.717) is 6.54 Å². The monoisotopic (exact) mass is 246 g/mol. The lowest BCUT2D eigenvalue weighted by molar-refractivity contribution is 0.414. The van der Waals surface area contributed by atoms with Gasteiger partial charge in [0.15, 0.2) is 0 Å². The first-order valence-electron chi connectivity index (χ1n) is 5.28. The third kappa shape index (κ3) is 3.22. The first-order chi connectivity index (χ1) is 8.31. The van der Waals surface area contributed by atoms with Gasteiger partial charge in [-0.3, -0.25) is 4.98 Å². The Balaban J connectivity index is 2.08. The zero-order chi connectivity index (χ0) is 12.1. The fourth-order valence-electron chi connectivity index (χ4n) is 1.37. The normalized spacial score (nSPS) is 10.2. The molecule has 0 saturated carbocycles. The van der Waals surface area contributed by atoms with Crippen LogP contribution >= 0.6 is 11.8 Å². The molecule has 1 aromatic heterocycles. The molecule has 88 valence electrons. The van der Waals surface area contributed by atoms with Gasteiger partial charge < -0.3 is 10.5 Å². The van der Waals surface area contributed by atoms with E-state index in [4.69, 9.17) is 10.5 Å². The molecule has 0 amide bonds. The molecule has 17 heavy (non-hydrogen) atoms. The number of hydrogen-bond donors (Lipinski definition) is 1. The average molecular weight is 246 g/mol. The maximum absolute atomic E-state index is 5.50. The largest absolute Gasteiger partial charge is 0.497 e. The minimum atomic E-state index is 0.480. The van der Waals surface area contributed by atoms with E-state index in [1.54, 1.807) is 18.9 Å². The van der Waals surface area contributed by atoms with Gasteiger partial charge in [-0.25, -0.2) is 0 Å². The van der Waals surface area contributed by atoms with Crippen molar-refractivity contribution >= 4 is 11.8 Å². The van der Waals surface area contributed by atoms with Crippen LogP contribution in [0.4, 0.5) is 0 Å². The third-order valence-electron chi connectivity index (χ3n) is 2.30. The van der Waals surface area contributed by atoms with Gasteiger partial charge in [-0.1, -0.05) is 11.8 Å². The van der Waals surface area contributed by atoms with Gasteiger partial charge in [0.1, 0.15) is 5.75 Å². The molecule has 4 heteroatoms. The molecule has 0 radical (unpaired) electrons. The number of pyridine rings is 1. The zero-order valence-electron chi connectivity index (χ0n) is 9.59. The Kier molecular flexibility index (Phi) is 4.01. The molecule has 0 spiro atoms. The average Bonchev–Trinajstić information content (AvgIpc) is 2.40. The highest BCUT2D eigenvalue weighted by Gasteiger charge is 1.99. The Morgan fingerprint density at radius 1 is 1.12 bits per heavy atom. The fraction of sp³-hybridized carbons (Fsp3) is 0.154. The molecule has 0 fully saturated rings. The highest BCUT2D eigenvalue weighted by Crippen LogP contribution is 2.28. The summed E-state index contributed by atoms with van der Waals surface area (Å²) >= 11 is 1.67. The molecular formula is C13H14N2OS. The lowest BCUT2D eigenvalue weighted by Gasteiger charge is -2.03. The molecule has 0 unspecified atom stereocenters. The number of hydrogen-bond acceptors (Lipinski definition) is 4. The third-order valence-corrected chi connectivity index (χ3v) is 3.29. The van der Waals surface area contributed by atoms with Crippen LogP contribution in [0.15, 0.2) is 52.4 Å². The molecule has 3 nitrogen and oxygen atoms in total. The number of nitrogens with two attached hydrogens (primary N) is 1. The Bertz CT molecular complexity index is 422. The molecule has 0 atom stereocenters. The van der Waals surface area contributed by atoms with E-state index < -0.39 is 0 Å². The van der Waals surface area contributed by atoms with Crippen LogP contribution in [0.25, 0.3) is 0 Å². The molecule has 0 aliphatic rings. The van der Waals surface area contributed by atoms with E-state index in [2.05, 4.69) is 4.98 Å². The van der Waals surface area contributed by atoms with Crippen molar-refractivity contribution in [3.8, 4) is 5.75 Å². The maximum atomic E-state index is 5.50. The fourth-order valence-corrected chi connectivity index (χ4v) is 2.16. The second-order valence-corrected chi connectivity index (χ2v) is 4.61. The van der Waals surface area contributed by atoms with Gasteiger partial charge in [-0.05, 0) is 36.4 Å². The lowest BCUT2D eigenvalue weighted by Crippen LogP contribution is -1.98. The van der Waals surface area contributed by atoms with Gasteiger partial charge in [0.2, 0.25) is 0 Å². The van der Waals surface area contributed by atoms with Crippen LogP contribution < -0.4 is 10.5 Å². The van der Waals surface area contributed by atoms with Crippen molar-refractivity contribution in [1.82, 2.24) is 4.98 Å². The van der Waals surface area contributed by atoms with Gasteiger partial charge in [0.25, 0.3) is 0 Å². The lowest BCUT2D eigenvalue weighted by atomic mass is 10.3. The smallest absolute Gasteiger partial charge is 0.118 e. The van der Waals surface area contributed by atoms with Crippen LogP contribution in [0, 0.1) is 0 Å². The summed E-state index contributed by atoms with van der Waals surface area (Å²) in [6, 6.07) is 11.9. The van der Waals surface area contributed by atoms with Crippen molar-refractivity contribution in [2.75, 3.05) is 7.11 Å². The molecule has 0 aliphatic carbocycles. The predicted molar refractivity (Wildman–Crippen MR) is 69.2 cm³/mol. The molecule has 1 heterocycles. The van der Waals surface area contributed by atoms with Gasteiger partial charge in [0, 0.05) is 22.5 Å². The van der Waals surface area contributed by atoms with Crippen molar-refractivity contribution in [3.05, 3.63) is 48.3 Å². The number of aromatic nitrogens is 1. The number of ether oxygens (including phenoxy) is 1. The van der Waals surface area contributed by atoms with Crippen molar-refractivity contribution in [2.24, 2.45) is 5.73 Å². The van der Waals surface area contributed by atoms with Crippen LogP contribution in [0.3, 0.4) is 0 Å². The predicted octanol–water partition coefficient (Wildman–Crippen LogP) is 2.70. The number of rotatable bonds is 4. The molecule has 2 rings (SSSR count). The minimum Gasteiger partial charge on any atom is -0.497 e. The van der Waals surface area contributed by atoms with Crippen LogP contribution in [0.1, 0.15) is 5.69 Å². The molecule has 0 bridgehead atoms. The zero-order valence-corrected chi connectivity index (χ0v) is 10.4. The second kappa shape index (κ2) is 5.70. The van der Waals surface area contributed by atoms with Crippen LogP contribution in [0.2, 0.25) is 0 Å². The Labute approximate surface area is 105 Å². The summed E-state index contributed by atoms with van der Waals surface area (Å²) in [5, 5.41) is 0. The van der Waals surface area contributed by atoms with Crippen molar-refractivity contribution in [3.63, 3.8) is 0 Å². The van der Waals surface area contributed by atoms with Crippen molar-refractivity contribution in [1.29, 1.82) is 0 Å². The summed E-state index contributed by atoms with van der Waals surface area (Å²) < 4.78 is 5.11. The number of nitrogens with zero attached hydrogens (tertiary/aromatic N) is 1. The standard InChI is InChI=1S/C13H14N2OS/c1-16-11-3-6-12(7-4-11)17-13-5-2-10(8-14)15-9-13/h2-7,9H,8,14H2,1H3. The van der Waals surface area contributed by atoms with E-state index in [1.807, 2.05) is 42.6 Å². The Morgan fingerprint density at radius 3 is 2.35 bits per heavy atom. The van der Waals surface area contributed by atoms with Crippen molar-refractivity contribution < 1.29 is 4.74 Å².